The van der Waals surface area contributed by atoms with Crippen molar-refractivity contribution < 1.29 is 22.5 Å². The molecule has 0 aliphatic rings. The van der Waals surface area contributed by atoms with E-state index < -0.39 is 27.8 Å². The van der Waals surface area contributed by atoms with Crippen LogP contribution in [0.15, 0.2) is 40.8 Å². The van der Waals surface area contributed by atoms with Crippen LogP contribution in [0.4, 0.5) is 13.2 Å². The molecule has 0 aliphatic carbocycles. The minimum absolute atomic E-state index is 0.0461. The lowest BCUT2D eigenvalue weighted by atomic mass is 9.91. The molecular formula is C20H19ClF3NO2S2. The van der Waals surface area contributed by atoms with E-state index in [2.05, 4.69) is 4.40 Å². The SMILES string of the molecule is COC(=S)c1ccccc1-c1c(C=N[S+]([O-])C(C)(C)C)cc(Cl)cc1C(F)(F)F. The molecule has 1 atom stereocenters. The molecule has 0 spiro atoms. The topological polar surface area (TPSA) is 44.6 Å². The van der Waals surface area contributed by atoms with Gasteiger partial charge in [0.2, 0.25) is 0 Å². The third-order valence-electron chi connectivity index (χ3n) is 3.85. The zero-order valence-electron chi connectivity index (χ0n) is 16.1. The first-order valence-corrected chi connectivity index (χ1v) is 10.3. The minimum Gasteiger partial charge on any atom is -0.591 e. The Hall–Kier alpha value is -1.61. The van der Waals surface area contributed by atoms with E-state index in [0.717, 1.165) is 12.3 Å². The van der Waals surface area contributed by atoms with E-state index in [0.29, 0.717) is 5.56 Å². The lowest BCUT2D eigenvalue weighted by Crippen LogP contribution is -2.25. The van der Waals surface area contributed by atoms with Gasteiger partial charge in [-0.15, -0.1) is 0 Å². The van der Waals surface area contributed by atoms with Crippen molar-refractivity contribution in [3.8, 4) is 11.1 Å². The Morgan fingerprint density at radius 2 is 1.83 bits per heavy atom. The summed E-state index contributed by atoms with van der Waals surface area (Å²) in [6.07, 6.45) is -3.53. The molecule has 0 saturated carbocycles. The quantitative estimate of drug-likeness (QED) is 0.308. The molecule has 0 saturated heterocycles. The van der Waals surface area contributed by atoms with Gasteiger partial charge in [-0.05, 0) is 56.8 Å². The summed E-state index contributed by atoms with van der Waals surface area (Å²) in [5, 5.41) is -0.0688. The molecular weight excluding hydrogens is 443 g/mol. The van der Waals surface area contributed by atoms with Gasteiger partial charge in [0.1, 0.15) is 16.1 Å². The molecule has 156 valence electrons. The van der Waals surface area contributed by atoms with Crippen LogP contribution in [-0.2, 0) is 22.3 Å². The number of methoxy groups -OCH3 is 1. The molecule has 0 fully saturated rings. The molecule has 2 aromatic rings. The number of hydrogen-bond donors (Lipinski definition) is 0. The van der Waals surface area contributed by atoms with Crippen LogP contribution in [0, 0.1) is 0 Å². The van der Waals surface area contributed by atoms with Crippen LogP contribution in [0.3, 0.4) is 0 Å². The number of rotatable bonds is 4. The van der Waals surface area contributed by atoms with Crippen LogP contribution in [0.5, 0.6) is 0 Å². The maximum atomic E-state index is 13.9. The van der Waals surface area contributed by atoms with Crippen molar-refractivity contribution in [1.82, 2.24) is 0 Å². The summed E-state index contributed by atoms with van der Waals surface area (Å²) >= 11 is 9.46. The summed E-state index contributed by atoms with van der Waals surface area (Å²) in [5.41, 5.74) is -0.490. The maximum absolute atomic E-state index is 13.9. The lowest BCUT2D eigenvalue weighted by Gasteiger charge is -2.20. The largest absolute Gasteiger partial charge is 0.591 e. The highest BCUT2D eigenvalue weighted by Crippen LogP contribution is 2.41. The van der Waals surface area contributed by atoms with E-state index in [1.165, 1.54) is 19.2 Å². The van der Waals surface area contributed by atoms with E-state index in [1.54, 1.807) is 39.0 Å². The Balaban J connectivity index is 2.83. The highest BCUT2D eigenvalue weighted by atomic mass is 35.5. The normalized spacial score (nSPS) is 13.6. The fourth-order valence-corrected chi connectivity index (χ4v) is 3.44. The Labute approximate surface area is 181 Å². The van der Waals surface area contributed by atoms with Crippen molar-refractivity contribution in [3.05, 3.63) is 58.1 Å². The molecule has 3 nitrogen and oxygen atoms in total. The molecule has 0 heterocycles. The minimum atomic E-state index is -4.69. The van der Waals surface area contributed by atoms with Crippen LogP contribution in [0.2, 0.25) is 5.02 Å². The van der Waals surface area contributed by atoms with Gasteiger partial charge in [-0.25, -0.2) is 0 Å². The first-order valence-electron chi connectivity index (χ1n) is 8.40. The Bertz CT molecular complexity index is 940. The number of alkyl halides is 3. The zero-order chi connectivity index (χ0) is 22.0. The number of hydrogen-bond acceptors (Lipinski definition) is 4. The average Bonchev–Trinajstić information content (AvgIpc) is 2.63. The van der Waals surface area contributed by atoms with E-state index in [1.807, 2.05) is 0 Å². The van der Waals surface area contributed by atoms with Crippen molar-refractivity contribution >= 4 is 46.4 Å². The molecule has 0 radical (unpaired) electrons. The van der Waals surface area contributed by atoms with Crippen molar-refractivity contribution in [3.63, 3.8) is 0 Å². The summed E-state index contributed by atoms with van der Waals surface area (Å²) in [7, 11) is 1.35. The van der Waals surface area contributed by atoms with Gasteiger partial charge in [0.05, 0.1) is 18.9 Å². The van der Waals surface area contributed by atoms with Gasteiger partial charge in [-0.2, -0.15) is 13.2 Å². The van der Waals surface area contributed by atoms with E-state index in [-0.39, 0.29) is 26.8 Å². The molecule has 0 N–H and O–H groups in total. The Morgan fingerprint density at radius 1 is 1.21 bits per heavy atom. The van der Waals surface area contributed by atoms with Crippen molar-refractivity contribution in [1.29, 1.82) is 0 Å². The molecule has 1 unspecified atom stereocenters. The van der Waals surface area contributed by atoms with E-state index in [4.69, 9.17) is 28.6 Å². The van der Waals surface area contributed by atoms with Gasteiger partial charge in [0.15, 0.2) is 5.05 Å². The van der Waals surface area contributed by atoms with E-state index >= 15 is 0 Å². The summed E-state index contributed by atoms with van der Waals surface area (Å²) in [5.74, 6) is 0. The standard InChI is InChI=1S/C20H19ClF3NO2S2/c1-19(2,3)29(26)25-11-12-9-13(21)10-16(20(22,23)24)17(12)14-7-5-6-8-15(14)18(28)27-4/h5-11H,1-4H3. The Kier molecular flexibility index (Phi) is 7.37. The van der Waals surface area contributed by atoms with Crippen molar-refractivity contribution in [2.45, 2.75) is 31.7 Å². The number of halogens is 4. The molecule has 0 bridgehead atoms. The van der Waals surface area contributed by atoms with Gasteiger partial charge in [-0.3, -0.25) is 0 Å². The van der Waals surface area contributed by atoms with Crippen LogP contribution in [-0.4, -0.2) is 27.7 Å². The second kappa shape index (κ2) is 9.04. The highest BCUT2D eigenvalue weighted by Gasteiger charge is 2.36. The predicted molar refractivity (Wildman–Crippen MR) is 116 cm³/mol. The molecule has 0 aromatic heterocycles. The third kappa shape index (κ3) is 5.72. The number of thiocarbonyl (C=S) groups is 1. The summed E-state index contributed by atoms with van der Waals surface area (Å²) < 4.78 is 62.3. The van der Waals surface area contributed by atoms with Gasteiger partial charge in [-0.1, -0.05) is 34.2 Å². The second-order valence-corrected chi connectivity index (χ2v) is 9.79. The molecule has 0 amide bonds. The van der Waals surface area contributed by atoms with Gasteiger partial charge < -0.3 is 9.29 Å². The van der Waals surface area contributed by atoms with Gasteiger partial charge >= 0.3 is 6.18 Å². The number of nitrogens with zero attached hydrogens (tertiary/aromatic N) is 1. The van der Waals surface area contributed by atoms with Crippen LogP contribution in [0.25, 0.3) is 11.1 Å². The Morgan fingerprint density at radius 3 is 2.38 bits per heavy atom. The van der Waals surface area contributed by atoms with Gasteiger partial charge in [0, 0.05) is 21.7 Å². The number of ether oxygens (including phenoxy) is 1. The van der Waals surface area contributed by atoms with E-state index in [9.17, 15) is 17.7 Å². The first-order chi connectivity index (χ1) is 13.4. The molecule has 29 heavy (non-hydrogen) atoms. The van der Waals surface area contributed by atoms with Crippen molar-refractivity contribution in [2.24, 2.45) is 4.40 Å². The monoisotopic (exact) mass is 461 g/mol. The summed E-state index contributed by atoms with van der Waals surface area (Å²) in [4.78, 5) is 0. The molecule has 2 rings (SSSR count). The molecule has 0 aliphatic heterocycles. The van der Waals surface area contributed by atoms with Crippen LogP contribution >= 0.6 is 23.8 Å². The smallest absolute Gasteiger partial charge is 0.417 e. The summed E-state index contributed by atoms with van der Waals surface area (Å²) in [6, 6.07) is 8.53. The fourth-order valence-electron chi connectivity index (χ4n) is 2.51. The van der Waals surface area contributed by atoms with Crippen LogP contribution < -0.4 is 0 Å². The average molecular weight is 462 g/mol. The van der Waals surface area contributed by atoms with Crippen LogP contribution in [0.1, 0.15) is 37.5 Å². The lowest BCUT2D eigenvalue weighted by molar-refractivity contribution is -0.137. The fraction of sp³-hybridized carbons (Fsp3) is 0.300. The second-order valence-electron chi connectivity index (χ2n) is 7.05. The van der Waals surface area contributed by atoms with Crippen molar-refractivity contribution in [2.75, 3.05) is 7.11 Å². The molecule has 9 heteroatoms. The number of benzene rings is 2. The van der Waals surface area contributed by atoms with Gasteiger partial charge in [0.25, 0.3) is 0 Å². The summed E-state index contributed by atoms with van der Waals surface area (Å²) in [6.45, 7) is 5.15. The third-order valence-corrected chi connectivity index (χ3v) is 5.80. The predicted octanol–water partition coefficient (Wildman–Crippen LogP) is 6.23. The first kappa shape index (κ1) is 23.7. The molecule has 2 aromatic carbocycles. The maximum Gasteiger partial charge on any atom is 0.417 e. The zero-order valence-corrected chi connectivity index (χ0v) is 18.5. The highest BCUT2D eigenvalue weighted by molar-refractivity contribution is 7.91.